The molecule has 0 spiro atoms. The fourth-order valence-corrected chi connectivity index (χ4v) is 2.30. The number of rotatable bonds is 3. The molecule has 2 N–H and O–H groups in total. The van der Waals surface area contributed by atoms with Crippen molar-refractivity contribution in [2.45, 2.75) is 13.0 Å². The minimum atomic E-state index is -0.418. The number of nitrogens with zero attached hydrogens (tertiary/aromatic N) is 1. The standard InChI is InChI=1S/C13H17ClFN3O/c1-9-7-16-4-5-18(9)8-13(19)17-12-3-2-10(15)6-11(12)14/h2-3,6,9,16H,4-5,7-8H2,1H3,(H,17,19)/t9-/m0/s1. The molecule has 1 saturated heterocycles. The molecule has 19 heavy (non-hydrogen) atoms. The van der Waals surface area contributed by atoms with E-state index in [1.165, 1.54) is 18.2 Å². The first kappa shape index (κ1) is 14.2. The topological polar surface area (TPSA) is 44.4 Å². The van der Waals surface area contributed by atoms with Crippen LogP contribution < -0.4 is 10.6 Å². The van der Waals surface area contributed by atoms with Gasteiger partial charge in [-0.1, -0.05) is 11.6 Å². The first-order valence-corrected chi connectivity index (χ1v) is 6.64. The number of hydrogen-bond donors (Lipinski definition) is 2. The third-order valence-corrected chi connectivity index (χ3v) is 3.50. The van der Waals surface area contributed by atoms with E-state index >= 15 is 0 Å². The van der Waals surface area contributed by atoms with Gasteiger partial charge in [-0.15, -0.1) is 0 Å². The van der Waals surface area contributed by atoms with Crippen LogP contribution in [0, 0.1) is 5.82 Å². The van der Waals surface area contributed by atoms with Crippen LogP contribution in [0.4, 0.5) is 10.1 Å². The van der Waals surface area contributed by atoms with E-state index in [-0.39, 0.29) is 10.9 Å². The van der Waals surface area contributed by atoms with Gasteiger partial charge in [0.1, 0.15) is 5.82 Å². The minimum absolute atomic E-state index is 0.137. The maximum atomic E-state index is 12.9. The number of piperazine rings is 1. The van der Waals surface area contributed by atoms with Crippen molar-refractivity contribution in [3.05, 3.63) is 29.0 Å². The lowest BCUT2D eigenvalue weighted by atomic mass is 10.2. The van der Waals surface area contributed by atoms with Crippen molar-refractivity contribution in [1.82, 2.24) is 10.2 Å². The lowest BCUT2D eigenvalue weighted by Crippen LogP contribution is -2.51. The predicted octanol–water partition coefficient (Wildman–Crippen LogP) is 1.71. The van der Waals surface area contributed by atoms with Crippen molar-refractivity contribution in [2.75, 3.05) is 31.5 Å². The van der Waals surface area contributed by atoms with Crippen molar-refractivity contribution in [1.29, 1.82) is 0 Å². The van der Waals surface area contributed by atoms with Crippen LogP contribution >= 0.6 is 11.6 Å². The van der Waals surface area contributed by atoms with Crippen molar-refractivity contribution < 1.29 is 9.18 Å². The molecular formula is C13H17ClFN3O. The summed E-state index contributed by atoms with van der Waals surface area (Å²) >= 11 is 5.87. The van der Waals surface area contributed by atoms with E-state index in [0.29, 0.717) is 18.3 Å². The van der Waals surface area contributed by atoms with Crippen LogP contribution in [0.2, 0.25) is 5.02 Å². The van der Waals surface area contributed by atoms with Crippen molar-refractivity contribution in [3.8, 4) is 0 Å². The summed E-state index contributed by atoms with van der Waals surface area (Å²) in [5.74, 6) is -0.555. The van der Waals surface area contributed by atoms with Gasteiger partial charge in [0.25, 0.3) is 0 Å². The molecule has 1 aromatic rings. The van der Waals surface area contributed by atoms with E-state index in [1.54, 1.807) is 0 Å². The van der Waals surface area contributed by atoms with E-state index in [0.717, 1.165) is 19.6 Å². The number of benzene rings is 1. The van der Waals surface area contributed by atoms with Crippen LogP contribution in [0.25, 0.3) is 0 Å². The highest BCUT2D eigenvalue weighted by molar-refractivity contribution is 6.33. The second-order valence-corrected chi connectivity index (χ2v) is 5.10. The lowest BCUT2D eigenvalue weighted by molar-refractivity contribution is -0.118. The molecule has 6 heteroatoms. The molecule has 0 saturated carbocycles. The Kier molecular flexibility index (Phi) is 4.74. The van der Waals surface area contributed by atoms with Crippen LogP contribution in [-0.2, 0) is 4.79 Å². The highest BCUT2D eigenvalue weighted by atomic mass is 35.5. The van der Waals surface area contributed by atoms with E-state index in [2.05, 4.69) is 22.5 Å². The Labute approximate surface area is 116 Å². The van der Waals surface area contributed by atoms with E-state index < -0.39 is 5.82 Å². The van der Waals surface area contributed by atoms with Gasteiger partial charge in [-0.05, 0) is 25.1 Å². The average molecular weight is 286 g/mol. The van der Waals surface area contributed by atoms with Crippen LogP contribution in [0.5, 0.6) is 0 Å². The Hall–Kier alpha value is -1.17. The molecule has 104 valence electrons. The largest absolute Gasteiger partial charge is 0.324 e. The maximum absolute atomic E-state index is 12.9. The Bertz CT molecular complexity index is 469. The molecule has 0 radical (unpaired) electrons. The lowest BCUT2D eigenvalue weighted by Gasteiger charge is -2.33. The van der Waals surface area contributed by atoms with Gasteiger partial charge in [-0.2, -0.15) is 0 Å². The second kappa shape index (κ2) is 6.32. The van der Waals surface area contributed by atoms with E-state index in [4.69, 9.17) is 11.6 Å². The molecule has 1 amide bonds. The maximum Gasteiger partial charge on any atom is 0.238 e. The number of carbonyl (C=O) groups excluding carboxylic acids is 1. The highest BCUT2D eigenvalue weighted by Gasteiger charge is 2.20. The van der Waals surface area contributed by atoms with Gasteiger partial charge in [-0.3, -0.25) is 9.69 Å². The molecule has 2 rings (SSSR count). The fourth-order valence-electron chi connectivity index (χ4n) is 2.08. The highest BCUT2D eigenvalue weighted by Crippen LogP contribution is 2.22. The zero-order chi connectivity index (χ0) is 13.8. The monoisotopic (exact) mass is 285 g/mol. The number of hydrogen-bond acceptors (Lipinski definition) is 3. The third-order valence-electron chi connectivity index (χ3n) is 3.19. The van der Waals surface area contributed by atoms with Crippen LogP contribution in [-0.4, -0.2) is 43.0 Å². The summed E-state index contributed by atoms with van der Waals surface area (Å²) in [6.45, 7) is 4.99. The third kappa shape index (κ3) is 3.89. The molecule has 0 aliphatic carbocycles. The van der Waals surface area contributed by atoms with E-state index in [1.807, 2.05) is 0 Å². The number of amides is 1. The van der Waals surface area contributed by atoms with Crippen molar-refractivity contribution >= 4 is 23.2 Å². The molecular weight excluding hydrogens is 269 g/mol. The summed E-state index contributed by atoms with van der Waals surface area (Å²) in [7, 11) is 0. The Morgan fingerprint density at radius 1 is 1.63 bits per heavy atom. The van der Waals surface area contributed by atoms with Crippen molar-refractivity contribution in [2.24, 2.45) is 0 Å². The Balaban J connectivity index is 1.93. The first-order chi connectivity index (χ1) is 9.06. The molecule has 0 bridgehead atoms. The van der Waals surface area contributed by atoms with Crippen LogP contribution in [0.15, 0.2) is 18.2 Å². The summed E-state index contributed by atoms with van der Waals surface area (Å²) in [5, 5.41) is 6.18. The second-order valence-electron chi connectivity index (χ2n) is 4.70. The SMILES string of the molecule is C[C@H]1CNCCN1CC(=O)Nc1ccc(F)cc1Cl. The molecule has 1 aromatic carbocycles. The van der Waals surface area contributed by atoms with Gasteiger partial charge in [0.05, 0.1) is 17.3 Å². The minimum Gasteiger partial charge on any atom is -0.324 e. The zero-order valence-corrected chi connectivity index (χ0v) is 11.5. The number of carbonyl (C=O) groups is 1. The van der Waals surface area contributed by atoms with Gasteiger partial charge < -0.3 is 10.6 Å². The predicted molar refractivity (Wildman–Crippen MR) is 73.9 cm³/mol. The average Bonchev–Trinajstić information content (AvgIpc) is 2.36. The van der Waals surface area contributed by atoms with Gasteiger partial charge in [0.15, 0.2) is 0 Å². The first-order valence-electron chi connectivity index (χ1n) is 6.26. The zero-order valence-electron chi connectivity index (χ0n) is 10.7. The summed E-state index contributed by atoms with van der Waals surface area (Å²) in [4.78, 5) is 14.0. The summed E-state index contributed by atoms with van der Waals surface area (Å²) in [6.07, 6.45) is 0. The molecule has 0 unspecified atom stereocenters. The van der Waals surface area contributed by atoms with Crippen LogP contribution in [0.1, 0.15) is 6.92 Å². The van der Waals surface area contributed by atoms with Gasteiger partial charge in [0, 0.05) is 25.7 Å². The Morgan fingerprint density at radius 2 is 2.42 bits per heavy atom. The molecule has 0 aromatic heterocycles. The quantitative estimate of drug-likeness (QED) is 0.889. The smallest absolute Gasteiger partial charge is 0.238 e. The van der Waals surface area contributed by atoms with Gasteiger partial charge >= 0.3 is 0 Å². The van der Waals surface area contributed by atoms with Gasteiger partial charge in [-0.25, -0.2) is 4.39 Å². The van der Waals surface area contributed by atoms with Crippen molar-refractivity contribution in [3.63, 3.8) is 0 Å². The normalized spacial score (nSPS) is 20.3. The Morgan fingerprint density at radius 3 is 3.11 bits per heavy atom. The summed E-state index contributed by atoms with van der Waals surface area (Å²) in [5.41, 5.74) is 0.441. The summed E-state index contributed by atoms with van der Waals surface area (Å²) in [6, 6.07) is 4.25. The number of nitrogens with one attached hydrogen (secondary N) is 2. The molecule has 1 aliphatic heterocycles. The molecule has 4 nitrogen and oxygen atoms in total. The summed E-state index contributed by atoms with van der Waals surface area (Å²) < 4.78 is 12.9. The molecule has 1 atom stereocenters. The van der Waals surface area contributed by atoms with Gasteiger partial charge in [0.2, 0.25) is 5.91 Å². The molecule has 1 aliphatic rings. The van der Waals surface area contributed by atoms with E-state index in [9.17, 15) is 9.18 Å². The van der Waals surface area contributed by atoms with Crippen LogP contribution in [0.3, 0.4) is 0 Å². The number of halogens is 2. The fraction of sp³-hybridized carbons (Fsp3) is 0.462. The molecule has 1 fully saturated rings. The molecule has 1 heterocycles. The number of anilines is 1.